The first-order chi connectivity index (χ1) is 11.2. The molecule has 128 valence electrons. The van der Waals surface area contributed by atoms with E-state index in [1.165, 1.54) is 6.07 Å². The smallest absolute Gasteiger partial charge is 0.408 e. The van der Waals surface area contributed by atoms with Gasteiger partial charge in [-0.3, -0.25) is 0 Å². The number of carbonyl (C=O) groups is 2. The number of carbonyl (C=O) groups excluding carboxylic acids is 1. The van der Waals surface area contributed by atoms with E-state index in [0.717, 1.165) is 10.8 Å². The molecule has 0 fully saturated rings. The lowest BCUT2D eigenvalue weighted by atomic mass is 9.97. The molecule has 1 unspecified atom stereocenters. The number of phenolic OH excluding ortho intramolecular Hbond substituents is 1. The number of alkyl carbamates (subject to hydrolysis) is 1. The number of phenols is 1. The molecule has 3 N–H and O–H groups in total. The van der Waals surface area contributed by atoms with E-state index in [0.29, 0.717) is 5.56 Å². The first-order valence-corrected chi connectivity index (χ1v) is 7.59. The summed E-state index contributed by atoms with van der Waals surface area (Å²) in [6.45, 7) is 5.08. The Labute approximate surface area is 140 Å². The molecule has 1 atom stereocenters. The maximum Gasteiger partial charge on any atom is 0.408 e. The van der Waals surface area contributed by atoms with Crippen LogP contribution in [0.4, 0.5) is 4.79 Å². The third-order valence-corrected chi connectivity index (χ3v) is 3.41. The van der Waals surface area contributed by atoms with Gasteiger partial charge in [-0.2, -0.15) is 0 Å². The fourth-order valence-corrected chi connectivity index (χ4v) is 2.39. The zero-order valence-corrected chi connectivity index (χ0v) is 13.9. The highest BCUT2D eigenvalue weighted by atomic mass is 16.6. The fourth-order valence-electron chi connectivity index (χ4n) is 2.39. The third kappa shape index (κ3) is 4.38. The summed E-state index contributed by atoms with van der Waals surface area (Å²) in [4.78, 5) is 23.4. The van der Waals surface area contributed by atoms with Gasteiger partial charge >= 0.3 is 12.1 Å². The van der Waals surface area contributed by atoms with Crippen molar-refractivity contribution in [3.63, 3.8) is 0 Å². The van der Waals surface area contributed by atoms with Crippen LogP contribution in [0.15, 0.2) is 36.4 Å². The molecule has 2 aromatic carbocycles. The van der Waals surface area contributed by atoms with Crippen molar-refractivity contribution in [3.8, 4) is 5.75 Å². The molecule has 6 nitrogen and oxygen atoms in total. The molecule has 0 bridgehead atoms. The van der Waals surface area contributed by atoms with Crippen molar-refractivity contribution < 1.29 is 24.5 Å². The molecule has 2 rings (SSSR count). The molecule has 0 spiro atoms. The second-order valence-corrected chi connectivity index (χ2v) is 6.53. The zero-order valence-electron chi connectivity index (χ0n) is 13.9. The van der Waals surface area contributed by atoms with E-state index in [-0.39, 0.29) is 12.2 Å². The van der Waals surface area contributed by atoms with Gasteiger partial charge in [0.1, 0.15) is 17.4 Å². The Kier molecular flexibility index (Phi) is 4.97. The van der Waals surface area contributed by atoms with Crippen LogP contribution in [0, 0.1) is 0 Å². The highest BCUT2D eigenvalue weighted by Gasteiger charge is 2.25. The van der Waals surface area contributed by atoms with Gasteiger partial charge < -0.3 is 20.3 Å². The summed E-state index contributed by atoms with van der Waals surface area (Å²) >= 11 is 0. The number of aromatic hydroxyl groups is 1. The average Bonchev–Trinajstić information content (AvgIpc) is 2.47. The number of hydrogen-bond acceptors (Lipinski definition) is 4. The van der Waals surface area contributed by atoms with Crippen LogP contribution in [0.25, 0.3) is 10.8 Å². The molecule has 24 heavy (non-hydrogen) atoms. The standard InChI is InChI=1S/C18H21NO5/c1-18(2,3)24-17(23)19-14(16(21)22)10-13-12-7-5-4-6-11(12)8-9-15(13)20/h4-9,14,20H,10H2,1-3H3,(H,19,23)(H,21,22). The van der Waals surface area contributed by atoms with Crippen LogP contribution in [0.2, 0.25) is 0 Å². The summed E-state index contributed by atoms with van der Waals surface area (Å²) in [7, 11) is 0. The predicted molar refractivity (Wildman–Crippen MR) is 90.1 cm³/mol. The van der Waals surface area contributed by atoms with E-state index in [4.69, 9.17) is 4.74 Å². The fraction of sp³-hybridized carbons (Fsp3) is 0.333. The largest absolute Gasteiger partial charge is 0.508 e. The van der Waals surface area contributed by atoms with Crippen molar-refractivity contribution in [1.82, 2.24) is 5.32 Å². The summed E-state index contributed by atoms with van der Waals surface area (Å²) in [6.07, 6.45) is -0.864. The van der Waals surface area contributed by atoms with Crippen molar-refractivity contribution in [2.75, 3.05) is 0 Å². The molecule has 2 aromatic rings. The molecular weight excluding hydrogens is 310 g/mol. The number of fused-ring (bicyclic) bond motifs is 1. The molecule has 0 aliphatic heterocycles. The second kappa shape index (κ2) is 6.78. The number of aliphatic carboxylic acids is 1. The summed E-state index contributed by atoms with van der Waals surface area (Å²) in [5.41, 5.74) is -0.258. The van der Waals surface area contributed by atoms with Gasteiger partial charge in [0, 0.05) is 12.0 Å². The minimum Gasteiger partial charge on any atom is -0.508 e. The van der Waals surface area contributed by atoms with Gasteiger partial charge in [0.15, 0.2) is 0 Å². The predicted octanol–water partition coefficient (Wildman–Crippen LogP) is 3.07. The number of amides is 1. The number of nitrogens with one attached hydrogen (secondary N) is 1. The number of benzene rings is 2. The van der Waals surface area contributed by atoms with Gasteiger partial charge in [0.25, 0.3) is 0 Å². The minimum absolute atomic E-state index is 0.00839. The Hall–Kier alpha value is -2.76. The second-order valence-electron chi connectivity index (χ2n) is 6.53. The van der Waals surface area contributed by atoms with Crippen LogP contribution in [-0.4, -0.2) is 33.9 Å². The van der Waals surface area contributed by atoms with Crippen molar-refractivity contribution >= 4 is 22.8 Å². The quantitative estimate of drug-likeness (QED) is 0.800. The first-order valence-electron chi connectivity index (χ1n) is 7.59. The van der Waals surface area contributed by atoms with Crippen LogP contribution >= 0.6 is 0 Å². The van der Waals surface area contributed by atoms with Gasteiger partial charge in [-0.25, -0.2) is 9.59 Å². The summed E-state index contributed by atoms with van der Waals surface area (Å²) in [5.74, 6) is -1.21. The number of hydrogen-bond donors (Lipinski definition) is 3. The molecule has 0 saturated carbocycles. The van der Waals surface area contributed by atoms with Crippen molar-refractivity contribution in [1.29, 1.82) is 0 Å². The number of ether oxygens (including phenoxy) is 1. The van der Waals surface area contributed by atoms with E-state index >= 15 is 0 Å². The molecule has 6 heteroatoms. The topological polar surface area (TPSA) is 95.9 Å². The average molecular weight is 331 g/mol. The number of carboxylic acid groups (broad SMARTS) is 1. The maximum absolute atomic E-state index is 11.9. The molecule has 0 aliphatic rings. The Balaban J connectivity index is 2.27. The van der Waals surface area contributed by atoms with E-state index in [9.17, 15) is 19.8 Å². The lowest BCUT2D eigenvalue weighted by molar-refractivity contribution is -0.139. The summed E-state index contributed by atoms with van der Waals surface area (Å²) in [6, 6.07) is 9.40. The molecule has 1 amide bonds. The zero-order chi connectivity index (χ0) is 17.9. The summed E-state index contributed by atoms with van der Waals surface area (Å²) in [5, 5.41) is 23.5. The van der Waals surface area contributed by atoms with Gasteiger partial charge in [0.2, 0.25) is 0 Å². The molecule has 0 aliphatic carbocycles. The lowest BCUT2D eigenvalue weighted by Gasteiger charge is -2.22. The van der Waals surface area contributed by atoms with Crippen LogP contribution in [0.3, 0.4) is 0 Å². The van der Waals surface area contributed by atoms with Gasteiger partial charge in [-0.05, 0) is 37.6 Å². The van der Waals surface area contributed by atoms with Gasteiger partial charge in [-0.15, -0.1) is 0 Å². The van der Waals surface area contributed by atoms with E-state index < -0.39 is 23.7 Å². The van der Waals surface area contributed by atoms with Crippen LogP contribution in [-0.2, 0) is 16.0 Å². The lowest BCUT2D eigenvalue weighted by Crippen LogP contribution is -2.44. The first kappa shape index (κ1) is 17.6. The van der Waals surface area contributed by atoms with E-state index in [1.54, 1.807) is 32.9 Å². The van der Waals surface area contributed by atoms with E-state index in [2.05, 4.69) is 5.32 Å². The van der Waals surface area contributed by atoms with Crippen LogP contribution < -0.4 is 5.32 Å². The minimum atomic E-state index is -1.21. The highest BCUT2D eigenvalue weighted by Crippen LogP contribution is 2.28. The van der Waals surface area contributed by atoms with Crippen LogP contribution in [0.5, 0.6) is 5.75 Å². The van der Waals surface area contributed by atoms with Crippen molar-refractivity contribution in [2.24, 2.45) is 0 Å². The Morgan fingerprint density at radius 1 is 1.17 bits per heavy atom. The monoisotopic (exact) mass is 331 g/mol. The third-order valence-electron chi connectivity index (χ3n) is 3.41. The normalized spacial score (nSPS) is 12.6. The Bertz CT molecular complexity index is 764. The Morgan fingerprint density at radius 2 is 1.83 bits per heavy atom. The molecule has 0 heterocycles. The molecular formula is C18H21NO5. The molecule has 0 saturated heterocycles. The van der Waals surface area contributed by atoms with E-state index in [1.807, 2.05) is 18.2 Å². The summed E-state index contributed by atoms with van der Waals surface area (Å²) < 4.78 is 5.10. The van der Waals surface area contributed by atoms with Gasteiger partial charge in [0.05, 0.1) is 0 Å². The van der Waals surface area contributed by atoms with Gasteiger partial charge in [-0.1, -0.05) is 30.3 Å². The van der Waals surface area contributed by atoms with Crippen molar-refractivity contribution in [2.45, 2.75) is 38.8 Å². The van der Waals surface area contributed by atoms with Crippen molar-refractivity contribution in [3.05, 3.63) is 42.0 Å². The molecule has 0 aromatic heterocycles. The highest BCUT2D eigenvalue weighted by molar-refractivity contribution is 5.89. The maximum atomic E-state index is 11.9. The number of carboxylic acids is 1. The Morgan fingerprint density at radius 3 is 2.46 bits per heavy atom. The van der Waals surface area contributed by atoms with Crippen LogP contribution in [0.1, 0.15) is 26.3 Å². The number of rotatable bonds is 4. The SMILES string of the molecule is CC(C)(C)OC(=O)NC(Cc1c(O)ccc2ccccc12)C(=O)O. The molecule has 0 radical (unpaired) electrons.